The first-order chi connectivity index (χ1) is 6.60. The topological polar surface area (TPSA) is 29.5 Å². The summed E-state index contributed by atoms with van der Waals surface area (Å²) in [4.78, 5) is 0. The second-order valence-electron chi connectivity index (χ2n) is 3.97. The predicted octanol–water partition coefficient (Wildman–Crippen LogP) is 2.91. The van der Waals surface area contributed by atoms with Crippen molar-refractivity contribution >= 4 is 0 Å². The molecule has 84 valence electrons. The van der Waals surface area contributed by atoms with Crippen LogP contribution < -0.4 is 0 Å². The molecular weight excluding hydrogens is 176 g/mol. The molecule has 0 heterocycles. The fourth-order valence-corrected chi connectivity index (χ4v) is 1.66. The summed E-state index contributed by atoms with van der Waals surface area (Å²) in [7, 11) is 0. The van der Waals surface area contributed by atoms with Crippen molar-refractivity contribution in [3.8, 4) is 0 Å². The van der Waals surface area contributed by atoms with Crippen LogP contribution in [0, 0.1) is 0 Å². The van der Waals surface area contributed by atoms with Crippen molar-refractivity contribution in [2.75, 3.05) is 6.61 Å². The van der Waals surface area contributed by atoms with Gasteiger partial charge in [-0.05, 0) is 19.8 Å². The lowest BCUT2D eigenvalue weighted by atomic mass is 9.90. The molecule has 0 spiro atoms. The van der Waals surface area contributed by atoms with Gasteiger partial charge in [0.15, 0.2) is 0 Å². The molecule has 0 aromatic heterocycles. The minimum Gasteiger partial charge on any atom is -0.390 e. The fraction of sp³-hybridized carbons (Fsp3) is 0.833. The number of aliphatic hydroxyl groups excluding tert-OH is 1. The van der Waals surface area contributed by atoms with E-state index in [1.165, 1.54) is 0 Å². The summed E-state index contributed by atoms with van der Waals surface area (Å²) in [5, 5.41) is 9.97. The van der Waals surface area contributed by atoms with Crippen molar-refractivity contribution in [1.82, 2.24) is 0 Å². The summed E-state index contributed by atoms with van der Waals surface area (Å²) < 4.78 is 5.67. The molecule has 0 unspecified atom stereocenters. The molecule has 1 N–H and O–H groups in total. The first-order valence-corrected chi connectivity index (χ1v) is 5.53. The molecule has 2 heteroatoms. The van der Waals surface area contributed by atoms with E-state index in [0.717, 1.165) is 25.7 Å². The van der Waals surface area contributed by atoms with Gasteiger partial charge in [0.2, 0.25) is 0 Å². The summed E-state index contributed by atoms with van der Waals surface area (Å²) in [6, 6.07) is 0. The van der Waals surface area contributed by atoms with Gasteiger partial charge in [-0.15, -0.1) is 6.58 Å². The van der Waals surface area contributed by atoms with Crippen LogP contribution in [-0.4, -0.2) is 23.4 Å². The van der Waals surface area contributed by atoms with Crippen LogP contribution >= 0.6 is 0 Å². The Bertz CT molecular complexity index is 156. The van der Waals surface area contributed by atoms with E-state index in [4.69, 9.17) is 4.74 Å². The zero-order valence-electron chi connectivity index (χ0n) is 9.75. The van der Waals surface area contributed by atoms with Gasteiger partial charge in [0, 0.05) is 0 Å². The summed E-state index contributed by atoms with van der Waals surface area (Å²) >= 11 is 0. The molecule has 14 heavy (non-hydrogen) atoms. The molecule has 0 saturated carbocycles. The number of hydrogen-bond acceptors (Lipinski definition) is 2. The van der Waals surface area contributed by atoms with E-state index in [2.05, 4.69) is 20.4 Å². The van der Waals surface area contributed by atoms with E-state index < -0.39 is 5.60 Å². The fourth-order valence-electron chi connectivity index (χ4n) is 1.66. The first-order valence-electron chi connectivity index (χ1n) is 5.53. The van der Waals surface area contributed by atoms with Gasteiger partial charge in [-0.1, -0.05) is 32.8 Å². The van der Waals surface area contributed by atoms with Crippen LogP contribution in [0.1, 0.15) is 46.5 Å². The number of ether oxygens (including phenoxy) is 1. The lowest BCUT2D eigenvalue weighted by Crippen LogP contribution is -2.42. The lowest BCUT2D eigenvalue weighted by molar-refractivity contribution is -0.111. The Balaban J connectivity index is 4.26. The zero-order chi connectivity index (χ0) is 11.0. The highest BCUT2D eigenvalue weighted by Gasteiger charge is 2.31. The Morgan fingerprint density at radius 2 is 2.07 bits per heavy atom. The van der Waals surface area contributed by atoms with Crippen molar-refractivity contribution < 1.29 is 9.84 Å². The van der Waals surface area contributed by atoms with Crippen LogP contribution in [0.4, 0.5) is 0 Å². The Morgan fingerprint density at radius 1 is 1.43 bits per heavy atom. The zero-order valence-corrected chi connectivity index (χ0v) is 9.75. The van der Waals surface area contributed by atoms with Crippen LogP contribution in [0.2, 0.25) is 0 Å². The predicted molar refractivity (Wildman–Crippen MR) is 60.4 cm³/mol. The maximum atomic E-state index is 9.97. The summed E-state index contributed by atoms with van der Waals surface area (Å²) in [6.45, 7) is 10.3. The van der Waals surface area contributed by atoms with Crippen LogP contribution in [0.25, 0.3) is 0 Å². The molecule has 0 amide bonds. The van der Waals surface area contributed by atoms with Crippen molar-refractivity contribution in [2.45, 2.75) is 58.2 Å². The van der Waals surface area contributed by atoms with E-state index in [1.807, 2.05) is 6.92 Å². The van der Waals surface area contributed by atoms with E-state index in [-0.39, 0.29) is 6.10 Å². The minimum atomic E-state index is -0.404. The van der Waals surface area contributed by atoms with Gasteiger partial charge in [0.05, 0.1) is 18.3 Å². The first kappa shape index (κ1) is 13.7. The summed E-state index contributed by atoms with van der Waals surface area (Å²) in [6.07, 6.45) is 5.06. The molecule has 0 saturated heterocycles. The van der Waals surface area contributed by atoms with Crippen LogP contribution in [-0.2, 0) is 4.74 Å². The number of aliphatic hydroxyl groups is 1. The maximum absolute atomic E-state index is 9.97. The average Bonchev–Trinajstić information content (AvgIpc) is 2.15. The van der Waals surface area contributed by atoms with Crippen LogP contribution in [0.5, 0.6) is 0 Å². The third-order valence-corrected chi connectivity index (χ3v) is 2.54. The highest BCUT2D eigenvalue weighted by molar-refractivity contribution is 4.84. The molecule has 0 aliphatic heterocycles. The second-order valence-corrected chi connectivity index (χ2v) is 3.97. The van der Waals surface area contributed by atoms with Crippen molar-refractivity contribution in [2.24, 2.45) is 0 Å². The highest BCUT2D eigenvalue weighted by Crippen LogP contribution is 2.25. The van der Waals surface area contributed by atoms with Gasteiger partial charge in [-0.25, -0.2) is 0 Å². The van der Waals surface area contributed by atoms with E-state index in [1.54, 1.807) is 6.08 Å². The smallest absolute Gasteiger partial charge is 0.0916 e. The average molecular weight is 200 g/mol. The molecule has 0 aliphatic carbocycles. The van der Waals surface area contributed by atoms with Crippen molar-refractivity contribution in [3.05, 3.63) is 12.7 Å². The molecule has 0 radical (unpaired) electrons. The number of rotatable bonds is 8. The van der Waals surface area contributed by atoms with Gasteiger partial charge >= 0.3 is 0 Å². The van der Waals surface area contributed by atoms with Crippen molar-refractivity contribution in [3.63, 3.8) is 0 Å². The van der Waals surface area contributed by atoms with Crippen molar-refractivity contribution in [1.29, 1.82) is 0 Å². The van der Waals surface area contributed by atoms with Gasteiger partial charge < -0.3 is 9.84 Å². The summed E-state index contributed by atoms with van der Waals surface area (Å²) in [5.41, 5.74) is -0.404. The van der Waals surface area contributed by atoms with Gasteiger partial charge in [0.25, 0.3) is 0 Å². The Labute approximate surface area is 88.0 Å². The molecule has 2 atom stereocenters. The molecule has 0 aromatic rings. The Kier molecular flexibility index (Phi) is 6.85. The normalized spacial score (nSPS) is 17.4. The van der Waals surface area contributed by atoms with Gasteiger partial charge in [-0.3, -0.25) is 0 Å². The maximum Gasteiger partial charge on any atom is 0.0916 e. The molecular formula is C12H24O2. The van der Waals surface area contributed by atoms with E-state index >= 15 is 0 Å². The third kappa shape index (κ3) is 4.25. The largest absolute Gasteiger partial charge is 0.390 e. The monoisotopic (exact) mass is 200 g/mol. The van der Waals surface area contributed by atoms with Crippen LogP contribution in [0.3, 0.4) is 0 Å². The summed E-state index contributed by atoms with van der Waals surface area (Å²) in [5.74, 6) is 0. The SMILES string of the molecule is C=CCO[C@](C)(CCC)[C@@H](O)CCC. The minimum absolute atomic E-state index is 0.368. The molecule has 2 nitrogen and oxygen atoms in total. The molecule has 0 aromatic carbocycles. The Hall–Kier alpha value is -0.340. The van der Waals surface area contributed by atoms with Gasteiger partial charge in [-0.2, -0.15) is 0 Å². The standard InChI is InChI=1S/C12H24O2/c1-5-8-11(13)12(4,9-6-2)14-10-7-3/h7,11,13H,3,5-6,8-10H2,1-2,4H3/t11-,12+/m0/s1. The van der Waals surface area contributed by atoms with E-state index in [9.17, 15) is 5.11 Å². The second kappa shape index (κ2) is 7.02. The highest BCUT2D eigenvalue weighted by atomic mass is 16.5. The molecule has 0 fully saturated rings. The van der Waals surface area contributed by atoms with Crippen LogP contribution in [0.15, 0.2) is 12.7 Å². The number of hydrogen-bond donors (Lipinski definition) is 1. The quantitative estimate of drug-likeness (QED) is 0.610. The Morgan fingerprint density at radius 3 is 2.50 bits per heavy atom. The van der Waals surface area contributed by atoms with E-state index in [0.29, 0.717) is 6.61 Å². The lowest BCUT2D eigenvalue weighted by Gasteiger charge is -2.34. The third-order valence-electron chi connectivity index (χ3n) is 2.54. The van der Waals surface area contributed by atoms with Gasteiger partial charge in [0.1, 0.15) is 0 Å². The molecule has 0 rings (SSSR count). The molecule has 0 bridgehead atoms. The molecule has 0 aliphatic rings.